The summed E-state index contributed by atoms with van der Waals surface area (Å²) in [7, 11) is 2.55. The van der Waals surface area contributed by atoms with Crippen LogP contribution in [0.15, 0.2) is 35.7 Å². The van der Waals surface area contributed by atoms with E-state index in [0.717, 1.165) is 5.31 Å². The van der Waals surface area contributed by atoms with Crippen LogP contribution in [0, 0.1) is 5.92 Å². The van der Waals surface area contributed by atoms with E-state index in [-0.39, 0.29) is 0 Å². The van der Waals surface area contributed by atoms with Crippen molar-refractivity contribution < 1.29 is 0 Å². The molecule has 0 aromatic carbocycles. The van der Waals surface area contributed by atoms with Crippen LogP contribution in [-0.2, 0) is 0 Å². The molecule has 0 spiro atoms. The lowest BCUT2D eigenvalue weighted by Crippen LogP contribution is -1.86. The fourth-order valence-electron chi connectivity index (χ4n) is 0.516. The first-order valence-electron chi connectivity index (χ1n) is 3.83. The molecule has 1 unspecified atom stereocenters. The Bertz CT molecular complexity index is 185. The van der Waals surface area contributed by atoms with Crippen LogP contribution in [0.3, 0.4) is 0 Å². The Morgan fingerprint density at radius 3 is 2.36 bits per heavy atom. The molecule has 62 valence electrons. The number of allylic oxidation sites excluding steroid dienone is 5. The molecule has 0 radical (unpaired) electrons. The maximum absolute atomic E-state index is 3.74. The fraction of sp³-hybridized carbons (Fsp3) is 0.400. The van der Waals surface area contributed by atoms with Crippen molar-refractivity contribution in [3.63, 3.8) is 0 Å². The van der Waals surface area contributed by atoms with E-state index in [1.165, 1.54) is 5.57 Å². The summed E-state index contributed by atoms with van der Waals surface area (Å²) in [5.41, 5.74) is 1.40. The van der Waals surface area contributed by atoms with Crippen LogP contribution in [0.25, 0.3) is 0 Å². The molecule has 0 fully saturated rings. The average Bonchev–Trinajstić information content (AvgIpc) is 1.86. The molecule has 0 nitrogen and oxygen atoms in total. The molecule has 0 amide bonds. The maximum atomic E-state index is 3.74. The van der Waals surface area contributed by atoms with Crippen molar-refractivity contribution in [1.29, 1.82) is 0 Å². The van der Waals surface area contributed by atoms with E-state index in [0.29, 0.717) is 5.92 Å². The van der Waals surface area contributed by atoms with Gasteiger partial charge >= 0.3 is 0 Å². The first-order chi connectivity index (χ1) is 5.04. The predicted molar refractivity (Wildman–Crippen MR) is 56.6 cm³/mol. The van der Waals surface area contributed by atoms with Gasteiger partial charge in [-0.1, -0.05) is 44.2 Å². The Morgan fingerprint density at radius 1 is 1.45 bits per heavy atom. The molecule has 0 rings (SSSR count). The van der Waals surface area contributed by atoms with Gasteiger partial charge < -0.3 is 0 Å². The van der Waals surface area contributed by atoms with E-state index < -0.39 is 0 Å². The van der Waals surface area contributed by atoms with Crippen LogP contribution in [-0.4, -0.2) is 0 Å². The normalized spacial score (nSPS) is 13.0. The van der Waals surface area contributed by atoms with Gasteiger partial charge in [-0.25, -0.2) is 0 Å². The minimum atomic E-state index is 0.637. The van der Waals surface area contributed by atoms with E-state index in [4.69, 9.17) is 0 Å². The number of hydrogen-bond acceptors (Lipinski definition) is 0. The summed E-state index contributed by atoms with van der Waals surface area (Å²) in [6.45, 7) is 10.3. The van der Waals surface area contributed by atoms with Crippen LogP contribution in [0.1, 0.15) is 20.8 Å². The third kappa shape index (κ3) is 6.06. The Balaban J connectivity index is 4.01. The third-order valence-corrected chi connectivity index (χ3v) is 1.77. The molecular formula is C10H17P. The van der Waals surface area contributed by atoms with Gasteiger partial charge in [0.25, 0.3) is 0 Å². The fourth-order valence-corrected chi connectivity index (χ4v) is 0.627. The molecule has 0 aliphatic carbocycles. The minimum Gasteiger partial charge on any atom is -0.106 e. The Hall–Kier alpha value is -0.350. The monoisotopic (exact) mass is 168 g/mol. The summed E-state index contributed by atoms with van der Waals surface area (Å²) in [6.07, 6.45) is 6.14. The molecule has 0 heterocycles. The lowest BCUT2D eigenvalue weighted by atomic mass is 10.1. The second-order valence-electron chi connectivity index (χ2n) is 3.00. The SMILES string of the molecule is C=C(P)/C=C\C=C(/C)C(C)C. The van der Waals surface area contributed by atoms with Crippen molar-refractivity contribution in [2.45, 2.75) is 20.8 Å². The second-order valence-corrected chi connectivity index (χ2v) is 3.74. The highest BCUT2D eigenvalue weighted by Crippen LogP contribution is 2.08. The molecule has 0 saturated heterocycles. The van der Waals surface area contributed by atoms with Crippen LogP contribution < -0.4 is 0 Å². The van der Waals surface area contributed by atoms with Crippen molar-refractivity contribution in [1.82, 2.24) is 0 Å². The Kier molecular flexibility index (Phi) is 5.15. The minimum absolute atomic E-state index is 0.637. The molecule has 0 N–H and O–H groups in total. The lowest BCUT2D eigenvalue weighted by molar-refractivity contribution is 0.769. The molecule has 0 aromatic heterocycles. The molecule has 1 heteroatoms. The summed E-state index contributed by atoms with van der Waals surface area (Å²) in [5, 5.41) is 1.01. The zero-order valence-corrected chi connectivity index (χ0v) is 8.75. The standard InChI is InChI=1S/C10H17P/c1-8(2)9(3)6-5-7-10(4)11/h5-8H,4,11H2,1-3H3/b7-5-,9-6+. The number of hydrogen-bond donors (Lipinski definition) is 0. The molecule has 0 aliphatic heterocycles. The highest BCUT2D eigenvalue weighted by atomic mass is 31.0. The van der Waals surface area contributed by atoms with E-state index in [1.807, 2.05) is 12.2 Å². The highest BCUT2D eigenvalue weighted by molar-refractivity contribution is 7.22. The van der Waals surface area contributed by atoms with Gasteiger partial charge in [-0.2, -0.15) is 0 Å². The van der Waals surface area contributed by atoms with Crippen molar-refractivity contribution in [3.05, 3.63) is 35.7 Å². The summed E-state index contributed by atoms with van der Waals surface area (Å²) in [5.74, 6) is 0.637. The van der Waals surface area contributed by atoms with Crippen molar-refractivity contribution >= 4 is 9.24 Å². The predicted octanol–water partition coefficient (Wildman–Crippen LogP) is 3.53. The topological polar surface area (TPSA) is 0 Å². The van der Waals surface area contributed by atoms with E-state index in [2.05, 4.69) is 42.7 Å². The lowest BCUT2D eigenvalue weighted by Gasteiger charge is -2.01. The van der Waals surface area contributed by atoms with Gasteiger partial charge in [-0.15, -0.1) is 9.24 Å². The van der Waals surface area contributed by atoms with Crippen LogP contribution in [0.4, 0.5) is 0 Å². The summed E-state index contributed by atoms with van der Waals surface area (Å²) in [4.78, 5) is 0. The van der Waals surface area contributed by atoms with Crippen LogP contribution >= 0.6 is 9.24 Å². The Labute approximate surface area is 72.3 Å². The summed E-state index contributed by atoms with van der Waals surface area (Å²) >= 11 is 0. The Morgan fingerprint density at radius 2 is 2.00 bits per heavy atom. The van der Waals surface area contributed by atoms with E-state index in [1.54, 1.807) is 0 Å². The van der Waals surface area contributed by atoms with Gasteiger partial charge in [0, 0.05) is 0 Å². The van der Waals surface area contributed by atoms with Gasteiger partial charge in [0.05, 0.1) is 0 Å². The van der Waals surface area contributed by atoms with Gasteiger partial charge in [-0.3, -0.25) is 0 Å². The number of rotatable bonds is 3. The summed E-state index contributed by atoms with van der Waals surface area (Å²) in [6, 6.07) is 0. The largest absolute Gasteiger partial charge is 0.106 e. The highest BCUT2D eigenvalue weighted by Gasteiger charge is 1.91. The summed E-state index contributed by atoms with van der Waals surface area (Å²) < 4.78 is 0. The molecule has 0 saturated carbocycles. The molecule has 0 aliphatic rings. The van der Waals surface area contributed by atoms with Gasteiger partial charge in [0.2, 0.25) is 0 Å². The van der Waals surface area contributed by atoms with Crippen molar-refractivity contribution in [2.75, 3.05) is 0 Å². The van der Waals surface area contributed by atoms with Crippen LogP contribution in [0.2, 0.25) is 0 Å². The molecular weight excluding hydrogens is 151 g/mol. The first-order valence-corrected chi connectivity index (χ1v) is 4.41. The van der Waals surface area contributed by atoms with Crippen LogP contribution in [0.5, 0.6) is 0 Å². The van der Waals surface area contributed by atoms with Crippen molar-refractivity contribution in [3.8, 4) is 0 Å². The van der Waals surface area contributed by atoms with E-state index >= 15 is 0 Å². The van der Waals surface area contributed by atoms with Gasteiger partial charge in [0.1, 0.15) is 0 Å². The van der Waals surface area contributed by atoms with E-state index in [9.17, 15) is 0 Å². The molecule has 0 bridgehead atoms. The molecule has 0 aromatic rings. The smallest absolute Gasteiger partial charge is 0.0260 e. The third-order valence-electron chi connectivity index (χ3n) is 1.58. The van der Waals surface area contributed by atoms with Gasteiger partial charge in [-0.05, 0) is 18.2 Å². The molecule has 11 heavy (non-hydrogen) atoms. The maximum Gasteiger partial charge on any atom is -0.0260 e. The zero-order chi connectivity index (χ0) is 8.85. The van der Waals surface area contributed by atoms with Crippen molar-refractivity contribution in [2.24, 2.45) is 5.92 Å². The second kappa shape index (κ2) is 5.32. The average molecular weight is 168 g/mol. The first kappa shape index (κ1) is 10.7. The molecule has 1 atom stereocenters. The van der Waals surface area contributed by atoms with Gasteiger partial charge in [0.15, 0.2) is 0 Å². The zero-order valence-electron chi connectivity index (χ0n) is 7.59. The quantitative estimate of drug-likeness (QED) is 0.446.